The van der Waals surface area contributed by atoms with Crippen LogP contribution in [0.3, 0.4) is 0 Å². The average Bonchev–Trinajstić information content (AvgIpc) is 3.36. The van der Waals surface area contributed by atoms with Gasteiger partial charge >= 0.3 is 12.0 Å². The molecule has 5 nitrogen and oxygen atoms in total. The number of urea groups is 1. The van der Waals surface area contributed by atoms with Gasteiger partial charge in [-0.05, 0) is 88.8 Å². The summed E-state index contributed by atoms with van der Waals surface area (Å²) in [4.78, 5) is 29.8. The van der Waals surface area contributed by atoms with Crippen LogP contribution in [0.4, 0.5) is 9.80 Å². The summed E-state index contributed by atoms with van der Waals surface area (Å²) in [5, 5.41) is 6.62. The van der Waals surface area contributed by atoms with Gasteiger partial charge in [-0.25, -0.2) is 9.59 Å². The van der Waals surface area contributed by atoms with E-state index in [-0.39, 0.29) is 12.0 Å². The molecule has 0 aliphatic heterocycles. The molecule has 0 unspecified atom stereocenters. The van der Waals surface area contributed by atoms with Gasteiger partial charge in [0.25, 0.3) is 0 Å². The molecule has 0 radical (unpaired) electrons. The third-order valence-corrected chi connectivity index (χ3v) is 8.55. The van der Waals surface area contributed by atoms with Gasteiger partial charge in [0.15, 0.2) is 0 Å². The van der Waals surface area contributed by atoms with Gasteiger partial charge in [0.1, 0.15) is 10.6 Å². The van der Waals surface area contributed by atoms with Crippen molar-refractivity contribution in [2.45, 2.75) is 91.2 Å². The van der Waals surface area contributed by atoms with Crippen molar-refractivity contribution in [3.8, 4) is 0 Å². The molecule has 0 bridgehead atoms. The molecule has 0 saturated carbocycles. The van der Waals surface area contributed by atoms with E-state index in [1.54, 1.807) is 0 Å². The monoisotopic (exact) mass is 460 g/mol. The lowest BCUT2D eigenvalue weighted by atomic mass is 9.94. The van der Waals surface area contributed by atoms with E-state index in [4.69, 9.17) is 4.74 Å². The Morgan fingerprint density at radius 2 is 1.65 bits per heavy atom. The van der Waals surface area contributed by atoms with Crippen molar-refractivity contribution in [1.29, 1.82) is 0 Å². The lowest BCUT2D eigenvalue weighted by Crippen LogP contribution is -2.30. The largest absolute Gasteiger partial charge is 0.456 e. The smallest absolute Gasteiger partial charge is 0.341 e. The summed E-state index contributed by atoms with van der Waals surface area (Å²) in [7, 11) is 0. The number of carbonyl (C=O) groups is 2. The summed E-state index contributed by atoms with van der Waals surface area (Å²) in [5.74, 6) is -0.345. The number of carbonyl (C=O) groups excluding carboxylic acids is 2. The topological polar surface area (TPSA) is 67.4 Å². The summed E-state index contributed by atoms with van der Waals surface area (Å²) in [6, 6.07) is -0.262. The van der Waals surface area contributed by atoms with Gasteiger partial charge in [-0.15, -0.1) is 22.7 Å². The summed E-state index contributed by atoms with van der Waals surface area (Å²) in [6.07, 6.45) is 8.64. The predicted octanol–water partition coefficient (Wildman–Crippen LogP) is 6.02. The highest BCUT2D eigenvalue weighted by Crippen LogP contribution is 2.40. The van der Waals surface area contributed by atoms with E-state index in [1.165, 1.54) is 56.4 Å². The maximum Gasteiger partial charge on any atom is 0.341 e. The molecule has 2 aliphatic rings. The standard InChI is InChI=1S/C24H32N2O3S2/c1-5-17-16(14-9-6-7-11-18(14)30-17)13-25-23(28)26-21-20(22(27)29-24(2,3)4)15-10-8-12-19(15)31-21/h5-13H2,1-4H3,(H2,25,26,28). The number of esters is 1. The number of amides is 2. The Labute approximate surface area is 192 Å². The van der Waals surface area contributed by atoms with E-state index in [2.05, 4.69) is 17.6 Å². The lowest BCUT2D eigenvalue weighted by Gasteiger charge is -2.20. The second-order valence-electron chi connectivity index (χ2n) is 9.34. The van der Waals surface area contributed by atoms with Crippen LogP contribution in [-0.4, -0.2) is 17.6 Å². The number of hydrogen-bond donors (Lipinski definition) is 2. The van der Waals surface area contributed by atoms with Crippen LogP contribution in [0.2, 0.25) is 0 Å². The van der Waals surface area contributed by atoms with Gasteiger partial charge in [0.05, 0.1) is 5.56 Å². The minimum atomic E-state index is -0.571. The molecule has 4 rings (SSSR count). The molecule has 2 aliphatic carbocycles. The van der Waals surface area contributed by atoms with Crippen LogP contribution in [-0.2, 0) is 43.4 Å². The van der Waals surface area contributed by atoms with Crippen molar-refractivity contribution < 1.29 is 14.3 Å². The maximum atomic E-state index is 12.9. The SMILES string of the molecule is CCc1sc2c(c1CNC(=O)Nc1sc3c(c1C(=O)OC(C)(C)C)CCC3)CCCC2. The molecular formula is C24H32N2O3S2. The number of aryl methyl sites for hydroxylation is 3. The second-order valence-corrected chi connectivity index (χ2v) is 11.6. The molecule has 0 saturated heterocycles. The first-order valence-electron chi connectivity index (χ1n) is 11.3. The molecule has 2 aromatic rings. The minimum Gasteiger partial charge on any atom is -0.456 e. The molecule has 0 fully saturated rings. The van der Waals surface area contributed by atoms with E-state index in [1.807, 2.05) is 32.1 Å². The number of rotatable bonds is 5. The zero-order chi connectivity index (χ0) is 22.2. The number of ether oxygens (including phenoxy) is 1. The fourth-order valence-electron chi connectivity index (χ4n) is 4.53. The van der Waals surface area contributed by atoms with Gasteiger partial charge in [-0.3, -0.25) is 5.32 Å². The predicted molar refractivity (Wildman–Crippen MR) is 128 cm³/mol. The van der Waals surface area contributed by atoms with Gasteiger partial charge in [-0.2, -0.15) is 0 Å². The van der Waals surface area contributed by atoms with Crippen LogP contribution in [0.15, 0.2) is 0 Å². The molecule has 168 valence electrons. The molecule has 0 atom stereocenters. The van der Waals surface area contributed by atoms with E-state index < -0.39 is 5.60 Å². The van der Waals surface area contributed by atoms with Crippen molar-refractivity contribution in [2.24, 2.45) is 0 Å². The fraction of sp³-hybridized carbons (Fsp3) is 0.583. The molecule has 2 amide bonds. The average molecular weight is 461 g/mol. The molecule has 0 spiro atoms. The van der Waals surface area contributed by atoms with E-state index in [0.29, 0.717) is 17.1 Å². The zero-order valence-electron chi connectivity index (χ0n) is 18.9. The second kappa shape index (κ2) is 8.94. The molecular weight excluding hydrogens is 428 g/mol. The van der Waals surface area contributed by atoms with Crippen molar-refractivity contribution in [3.63, 3.8) is 0 Å². The summed E-state index contributed by atoms with van der Waals surface area (Å²) < 4.78 is 5.64. The highest BCUT2D eigenvalue weighted by Gasteiger charge is 2.30. The first-order valence-corrected chi connectivity index (χ1v) is 12.9. The molecule has 2 N–H and O–H groups in total. The van der Waals surface area contributed by atoms with Crippen LogP contribution in [0.5, 0.6) is 0 Å². The number of anilines is 1. The Balaban J connectivity index is 1.49. The van der Waals surface area contributed by atoms with Crippen LogP contribution in [0.25, 0.3) is 0 Å². The molecule has 31 heavy (non-hydrogen) atoms. The summed E-state index contributed by atoms with van der Waals surface area (Å²) in [6.45, 7) is 8.31. The van der Waals surface area contributed by atoms with Crippen LogP contribution < -0.4 is 10.6 Å². The van der Waals surface area contributed by atoms with Gasteiger partial charge in [0, 0.05) is 21.2 Å². The van der Waals surface area contributed by atoms with E-state index in [0.717, 1.165) is 37.7 Å². The normalized spacial score (nSPS) is 15.4. The third kappa shape index (κ3) is 4.82. The number of nitrogens with one attached hydrogen (secondary N) is 2. The maximum absolute atomic E-state index is 12.9. The summed E-state index contributed by atoms with van der Waals surface area (Å²) >= 11 is 3.43. The highest BCUT2D eigenvalue weighted by molar-refractivity contribution is 7.17. The van der Waals surface area contributed by atoms with Crippen molar-refractivity contribution in [3.05, 3.63) is 36.9 Å². The van der Waals surface area contributed by atoms with Crippen molar-refractivity contribution in [1.82, 2.24) is 5.32 Å². The van der Waals surface area contributed by atoms with Crippen molar-refractivity contribution in [2.75, 3.05) is 5.32 Å². The first-order chi connectivity index (χ1) is 14.8. The van der Waals surface area contributed by atoms with E-state index in [9.17, 15) is 9.59 Å². The molecule has 7 heteroatoms. The Morgan fingerprint density at radius 3 is 2.39 bits per heavy atom. The first kappa shape index (κ1) is 22.3. The van der Waals surface area contributed by atoms with Crippen LogP contribution >= 0.6 is 22.7 Å². The number of hydrogen-bond acceptors (Lipinski definition) is 5. The Bertz CT molecular complexity index is 998. The highest BCUT2D eigenvalue weighted by atomic mass is 32.1. The van der Waals surface area contributed by atoms with Crippen LogP contribution in [0, 0.1) is 0 Å². The van der Waals surface area contributed by atoms with Gasteiger partial charge < -0.3 is 10.1 Å². The lowest BCUT2D eigenvalue weighted by molar-refractivity contribution is 0.00702. The summed E-state index contributed by atoms with van der Waals surface area (Å²) in [5.41, 5.74) is 3.79. The fourth-order valence-corrected chi connectivity index (χ4v) is 7.16. The van der Waals surface area contributed by atoms with Crippen LogP contribution in [0.1, 0.15) is 88.6 Å². The Hall–Kier alpha value is -1.86. The van der Waals surface area contributed by atoms with Gasteiger partial charge in [0.2, 0.25) is 0 Å². The number of thiophene rings is 2. The zero-order valence-corrected chi connectivity index (χ0v) is 20.5. The molecule has 2 aromatic heterocycles. The third-order valence-electron chi connectivity index (χ3n) is 5.86. The molecule has 2 heterocycles. The Kier molecular flexibility index (Phi) is 6.44. The quantitative estimate of drug-likeness (QED) is 0.537. The van der Waals surface area contributed by atoms with Crippen molar-refractivity contribution >= 4 is 39.7 Å². The molecule has 0 aromatic carbocycles. The van der Waals surface area contributed by atoms with Gasteiger partial charge in [-0.1, -0.05) is 6.92 Å². The Morgan fingerprint density at radius 1 is 0.968 bits per heavy atom. The number of fused-ring (bicyclic) bond motifs is 2. The van der Waals surface area contributed by atoms with E-state index >= 15 is 0 Å². The minimum absolute atomic E-state index is 0.262.